The average Bonchev–Trinajstić information content (AvgIpc) is 2.47. The summed E-state index contributed by atoms with van der Waals surface area (Å²) in [7, 11) is 0. The van der Waals surface area contributed by atoms with Crippen molar-refractivity contribution in [2.24, 2.45) is 5.92 Å². The van der Waals surface area contributed by atoms with Crippen LogP contribution in [0.25, 0.3) is 0 Å². The molecule has 0 saturated carbocycles. The Labute approximate surface area is 126 Å². The average molecular weight is 297 g/mol. The molecule has 2 aliphatic heterocycles. The highest BCUT2D eigenvalue weighted by atomic mass is 16.5. The molecule has 0 unspecified atom stereocenters. The summed E-state index contributed by atoms with van der Waals surface area (Å²) < 4.78 is 5.28. The van der Waals surface area contributed by atoms with E-state index in [4.69, 9.17) is 4.74 Å². The maximum absolute atomic E-state index is 12.4. The highest BCUT2D eigenvalue weighted by Gasteiger charge is 2.29. The van der Waals surface area contributed by atoms with Crippen LogP contribution in [0.2, 0.25) is 0 Å². The summed E-state index contributed by atoms with van der Waals surface area (Å²) in [5.41, 5.74) is 0. The van der Waals surface area contributed by atoms with Crippen LogP contribution in [0, 0.1) is 5.92 Å². The van der Waals surface area contributed by atoms with Crippen molar-refractivity contribution in [3.05, 3.63) is 0 Å². The number of carbonyl (C=O) groups is 2. The lowest BCUT2D eigenvalue weighted by Gasteiger charge is -2.35. The summed E-state index contributed by atoms with van der Waals surface area (Å²) >= 11 is 0. The van der Waals surface area contributed by atoms with Gasteiger partial charge in [-0.1, -0.05) is 0 Å². The maximum Gasteiger partial charge on any atom is 0.234 e. The van der Waals surface area contributed by atoms with Crippen molar-refractivity contribution >= 4 is 11.8 Å². The standard InChI is InChI=1S/C15H27N3O3/c1-12(2)16-14(19)11-17-5-3-13(4-6-17)15(20)18-7-9-21-10-8-18/h12-13H,3-11H2,1-2H3,(H,16,19). The quantitative estimate of drug-likeness (QED) is 0.798. The molecule has 2 saturated heterocycles. The zero-order valence-corrected chi connectivity index (χ0v) is 13.1. The van der Waals surface area contributed by atoms with E-state index in [0.29, 0.717) is 19.8 Å². The van der Waals surface area contributed by atoms with Crippen LogP contribution in [0.1, 0.15) is 26.7 Å². The van der Waals surface area contributed by atoms with E-state index in [1.807, 2.05) is 18.7 Å². The third-order valence-electron chi connectivity index (χ3n) is 4.08. The van der Waals surface area contributed by atoms with Crippen LogP contribution in [0.15, 0.2) is 0 Å². The van der Waals surface area contributed by atoms with Crippen molar-refractivity contribution in [1.82, 2.24) is 15.1 Å². The predicted molar refractivity (Wildman–Crippen MR) is 79.8 cm³/mol. The smallest absolute Gasteiger partial charge is 0.234 e. The predicted octanol–water partition coefficient (Wildman–Crippen LogP) is 0.0818. The lowest BCUT2D eigenvalue weighted by molar-refractivity contribution is -0.141. The van der Waals surface area contributed by atoms with E-state index < -0.39 is 0 Å². The summed E-state index contributed by atoms with van der Waals surface area (Å²) in [4.78, 5) is 28.2. The molecule has 0 aromatic rings. The topological polar surface area (TPSA) is 61.9 Å². The summed E-state index contributed by atoms with van der Waals surface area (Å²) in [6, 6.07) is 0.179. The fraction of sp³-hybridized carbons (Fsp3) is 0.867. The minimum atomic E-state index is 0.0722. The van der Waals surface area contributed by atoms with Gasteiger partial charge in [-0.3, -0.25) is 14.5 Å². The van der Waals surface area contributed by atoms with Gasteiger partial charge in [-0.05, 0) is 39.8 Å². The van der Waals surface area contributed by atoms with Gasteiger partial charge in [-0.2, -0.15) is 0 Å². The van der Waals surface area contributed by atoms with Crippen LogP contribution in [0.3, 0.4) is 0 Å². The molecule has 1 N–H and O–H groups in total. The second kappa shape index (κ2) is 7.75. The van der Waals surface area contributed by atoms with Crippen molar-refractivity contribution in [1.29, 1.82) is 0 Å². The number of nitrogens with zero attached hydrogens (tertiary/aromatic N) is 2. The van der Waals surface area contributed by atoms with Crippen LogP contribution < -0.4 is 5.32 Å². The lowest BCUT2D eigenvalue weighted by atomic mass is 9.95. The SMILES string of the molecule is CC(C)NC(=O)CN1CCC(C(=O)N2CCOCC2)CC1. The zero-order valence-electron chi connectivity index (χ0n) is 13.1. The molecule has 0 bridgehead atoms. The summed E-state index contributed by atoms with van der Waals surface area (Å²) in [6.45, 7) is 8.76. The molecule has 2 fully saturated rings. The third kappa shape index (κ3) is 4.97. The number of carbonyl (C=O) groups excluding carboxylic acids is 2. The highest BCUT2D eigenvalue weighted by molar-refractivity contribution is 5.79. The first-order valence-electron chi connectivity index (χ1n) is 7.94. The van der Waals surface area contributed by atoms with Crippen LogP contribution in [0.5, 0.6) is 0 Å². The Bertz CT molecular complexity index is 359. The Morgan fingerprint density at radius 1 is 1.14 bits per heavy atom. The summed E-state index contributed by atoms with van der Waals surface area (Å²) in [5, 5.41) is 2.91. The van der Waals surface area contributed by atoms with Crippen molar-refractivity contribution in [3.8, 4) is 0 Å². The Balaban J connectivity index is 1.72. The van der Waals surface area contributed by atoms with Gasteiger partial charge in [0.25, 0.3) is 0 Å². The molecular formula is C15H27N3O3. The van der Waals surface area contributed by atoms with Crippen molar-refractivity contribution in [3.63, 3.8) is 0 Å². The van der Waals surface area contributed by atoms with Crippen molar-refractivity contribution in [2.75, 3.05) is 45.9 Å². The second-order valence-electron chi connectivity index (χ2n) is 6.21. The first kappa shape index (κ1) is 16.2. The second-order valence-corrected chi connectivity index (χ2v) is 6.21. The monoisotopic (exact) mass is 297 g/mol. The fourth-order valence-corrected chi connectivity index (χ4v) is 2.95. The molecule has 21 heavy (non-hydrogen) atoms. The molecule has 2 amide bonds. The van der Waals surface area contributed by atoms with E-state index in [1.165, 1.54) is 0 Å². The number of likely N-dealkylation sites (tertiary alicyclic amines) is 1. The minimum absolute atomic E-state index is 0.0722. The molecule has 0 atom stereocenters. The highest BCUT2D eigenvalue weighted by Crippen LogP contribution is 2.20. The third-order valence-corrected chi connectivity index (χ3v) is 4.08. The van der Waals surface area contributed by atoms with Crippen LogP contribution in [0.4, 0.5) is 0 Å². The molecular weight excluding hydrogens is 270 g/mol. The maximum atomic E-state index is 12.4. The minimum Gasteiger partial charge on any atom is -0.378 e. The fourth-order valence-electron chi connectivity index (χ4n) is 2.95. The van der Waals surface area contributed by atoms with E-state index >= 15 is 0 Å². The van der Waals surface area contributed by atoms with E-state index in [9.17, 15) is 9.59 Å². The Morgan fingerprint density at radius 3 is 2.33 bits per heavy atom. The van der Waals surface area contributed by atoms with Crippen molar-refractivity contribution in [2.45, 2.75) is 32.7 Å². The van der Waals surface area contributed by atoms with E-state index in [0.717, 1.165) is 39.0 Å². The van der Waals surface area contributed by atoms with Gasteiger partial charge in [0, 0.05) is 25.0 Å². The largest absolute Gasteiger partial charge is 0.378 e. The number of nitrogens with one attached hydrogen (secondary N) is 1. The van der Waals surface area contributed by atoms with Gasteiger partial charge >= 0.3 is 0 Å². The molecule has 120 valence electrons. The van der Waals surface area contributed by atoms with Crippen LogP contribution >= 0.6 is 0 Å². The summed E-state index contributed by atoms with van der Waals surface area (Å²) in [6.07, 6.45) is 1.70. The molecule has 2 rings (SSSR count). The molecule has 0 aliphatic carbocycles. The normalized spacial score (nSPS) is 21.6. The number of hydrogen-bond acceptors (Lipinski definition) is 4. The van der Waals surface area contributed by atoms with E-state index in [2.05, 4.69) is 10.2 Å². The molecule has 0 aromatic heterocycles. The molecule has 0 spiro atoms. The molecule has 0 radical (unpaired) electrons. The Morgan fingerprint density at radius 2 is 1.76 bits per heavy atom. The van der Waals surface area contributed by atoms with Crippen molar-refractivity contribution < 1.29 is 14.3 Å². The zero-order chi connectivity index (χ0) is 15.2. The first-order chi connectivity index (χ1) is 10.1. The molecule has 0 aromatic carbocycles. The number of piperidine rings is 1. The van der Waals surface area contributed by atoms with Gasteiger partial charge in [0.1, 0.15) is 0 Å². The Kier molecular flexibility index (Phi) is 5.99. The number of rotatable bonds is 4. The molecule has 2 aliphatic rings. The van der Waals surface area contributed by atoms with Crippen LogP contribution in [-0.4, -0.2) is 73.6 Å². The van der Waals surface area contributed by atoms with Gasteiger partial charge in [0.05, 0.1) is 19.8 Å². The first-order valence-corrected chi connectivity index (χ1v) is 7.94. The van der Waals surface area contributed by atoms with E-state index in [-0.39, 0.29) is 23.8 Å². The van der Waals surface area contributed by atoms with Gasteiger partial charge in [-0.15, -0.1) is 0 Å². The van der Waals surface area contributed by atoms with Gasteiger partial charge in [0.2, 0.25) is 11.8 Å². The van der Waals surface area contributed by atoms with Gasteiger partial charge in [0.15, 0.2) is 0 Å². The molecule has 2 heterocycles. The van der Waals surface area contributed by atoms with Gasteiger partial charge in [-0.25, -0.2) is 0 Å². The van der Waals surface area contributed by atoms with Gasteiger partial charge < -0.3 is 15.0 Å². The van der Waals surface area contributed by atoms with Crippen LogP contribution in [-0.2, 0) is 14.3 Å². The number of ether oxygens (including phenoxy) is 1. The summed E-state index contributed by atoms with van der Waals surface area (Å²) in [5.74, 6) is 0.458. The van der Waals surface area contributed by atoms with E-state index in [1.54, 1.807) is 0 Å². The molecule has 6 nitrogen and oxygen atoms in total. The number of hydrogen-bond donors (Lipinski definition) is 1. The number of amides is 2. The Hall–Kier alpha value is -1.14. The number of morpholine rings is 1. The molecule has 6 heteroatoms. The lowest BCUT2D eigenvalue weighted by Crippen LogP contribution is -2.48.